The summed E-state index contributed by atoms with van der Waals surface area (Å²) in [6.07, 6.45) is -0.160. The number of carbonyl (C=O) groups is 2. The Morgan fingerprint density at radius 1 is 1.24 bits per heavy atom. The van der Waals surface area contributed by atoms with Gasteiger partial charge in [-0.05, 0) is 31.2 Å². The first-order chi connectivity index (χ1) is 13.8. The fraction of sp³-hybridized carbons (Fsp3) is 0.300. The predicted molar refractivity (Wildman–Crippen MR) is 112 cm³/mol. The van der Waals surface area contributed by atoms with Gasteiger partial charge in [-0.25, -0.2) is 8.42 Å². The van der Waals surface area contributed by atoms with Crippen molar-refractivity contribution in [2.75, 3.05) is 18.2 Å². The van der Waals surface area contributed by atoms with E-state index in [9.17, 15) is 18.0 Å². The van der Waals surface area contributed by atoms with Gasteiger partial charge in [0.15, 0.2) is 9.84 Å². The van der Waals surface area contributed by atoms with Crippen molar-refractivity contribution in [3.05, 3.63) is 48.0 Å². The lowest BCUT2D eigenvalue weighted by Gasteiger charge is -2.21. The third-order valence-electron chi connectivity index (χ3n) is 4.51. The summed E-state index contributed by atoms with van der Waals surface area (Å²) in [4.78, 5) is 24.9. The zero-order valence-corrected chi connectivity index (χ0v) is 17.7. The molecule has 0 aliphatic carbocycles. The van der Waals surface area contributed by atoms with Crippen LogP contribution >= 0.6 is 11.8 Å². The number of methoxy groups -OCH3 is 1. The topological polar surface area (TPSA) is 102 Å². The van der Waals surface area contributed by atoms with Crippen molar-refractivity contribution >= 4 is 39.1 Å². The smallest absolute Gasteiger partial charge is 0.237 e. The van der Waals surface area contributed by atoms with Gasteiger partial charge in [0.05, 0.1) is 28.7 Å². The first-order valence-corrected chi connectivity index (χ1v) is 11.6. The van der Waals surface area contributed by atoms with E-state index in [1.807, 2.05) is 18.2 Å². The van der Waals surface area contributed by atoms with Gasteiger partial charge in [-0.2, -0.15) is 0 Å². The van der Waals surface area contributed by atoms with Gasteiger partial charge in [-0.3, -0.25) is 9.59 Å². The van der Waals surface area contributed by atoms with E-state index in [0.29, 0.717) is 11.4 Å². The van der Waals surface area contributed by atoms with Gasteiger partial charge < -0.3 is 15.4 Å². The van der Waals surface area contributed by atoms with E-state index in [0.717, 1.165) is 10.5 Å². The standard InChI is InChI=1S/C20H22N2O5S2/c1-13-20(24)22-16-11-15(7-8-18(16)28-13)29(25,26)10-9-19(23)21-12-14-5-3-4-6-17(14)27-2/h3-8,11,13H,9-10,12H2,1-2H3,(H,21,23)(H,22,24)/t13-/m1/s1. The van der Waals surface area contributed by atoms with Crippen molar-refractivity contribution in [2.24, 2.45) is 0 Å². The molecule has 0 aromatic heterocycles. The van der Waals surface area contributed by atoms with Crippen LogP contribution < -0.4 is 15.4 Å². The van der Waals surface area contributed by atoms with Crippen molar-refractivity contribution in [2.45, 2.75) is 34.9 Å². The lowest BCUT2D eigenvalue weighted by atomic mass is 10.2. The van der Waals surface area contributed by atoms with E-state index in [2.05, 4.69) is 10.6 Å². The molecule has 2 aromatic carbocycles. The van der Waals surface area contributed by atoms with E-state index in [1.54, 1.807) is 26.2 Å². The van der Waals surface area contributed by atoms with E-state index in [4.69, 9.17) is 4.74 Å². The molecule has 2 N–H and O–H groups in total. The number of fused-ring (bicyclic) bond motifs is 1. The summed E-state index contributed by atoms with van der Waals surface area (Å²) in [6, 6.07) is 11.9. The number of anilines is 1. The molecule has 9 heteroatoms. The van der Waals surface area contributed by atoms with Crippen LogP contribution in [-0.2, 0) is 26.0 Å². The second kappa shape index (κ2) is 8.87. The van der Waals surface area contributed by atoms with Crippen LogP contribution in [0.3, 0.4) is 0 Å². The molecule has 0 radical (unpaired) electrons. The quantitative estimate of drug-likeness (QED) is 0.695. The summed E-state index contributed by atoms with van der Waals surface area (Å²) >= 11 is 1.38. The fourth-order valence-corrected chi connectivity index (χ4v) is 5.05. The molecule has 0 bridgehead atoms. The number of carbonyl (C=O) groups excluding carboxylic acids is 2. The molecule has 0 spiro atoms. The Kier molecular flexibility index (Phi) is 6.49. The minimum Gasteiger partial charge on any atom is -0.496 e. The molecule has 1 aliphatic rings. The van der Waals surface area contributed by atoms with Crippen molar-refractivity contribution in [1.82, 2.24) is 5.32 Å². The average Bonchev–Trinajstić information content (AvgIpc) is 2.71. The molecule has 29 heavy (non-hydrogen) atoms. The summed E-state index contributed by atoms with van der Waals surface area (Å²) < 4.78 is 30.5. The van der Waals surface area contributed by atoms with Crippen LogP contribution in [0.5, 0.6) is 5.75 Å². The number of benzene rings is 2. The highest BCUT2D eigenvalue weighted by molar-refractivity contribution is 8.01. The molecule has 154 valence electrons. The van der Waals surface area contributed by atoms with Gasteiger partial charge in [-0.15, -0.1) is 11.8 Å². The predicted octanol–water partition coefficient (Wildman–Crippen LogP) is 2.61. The molecular weight excluding hydrogens is 412 g/mol. The van der Waals surface area contributed by atoms with Crippen molar-refractivity contribution < 1.29 is 22.7 Å². The maximum absolute atomic E-state index is 12.6. The Hall–Kier alpha value is -2.52. The number of nitrogens with one attached hydrogen (secondary N) is 2. The van der Waals surface area contributed by atoms with Crippen molar-refractivity contribution in [3.63, 3.8) is 0 Å². The molecule has 1 atom stereocenters. The van der Waals surface area contributed by atoms with Crippen LogP contribution in [0.4, 0.5) is 5.69 Å². The highest BCUT2D eigenvalue weighted by Crippen LogP contribution is 2.36. The van der Waals surface area contributed by atoms with E-state index in [-0.39, 0.29) is 40.7 Å². The molecule has 2 aromatic rings. The number of hydrogen-bond donors (Lipinski definition) is 2. The number of para-hydroxylation sites is 1. The zero-order valence-electron chi connectivity index (χ0n) is 16.1. The van der Waals surface area contributed by atoms with Crippen LogP contribution in [0, 0.1) is 0 Å². The summed E-state index contributed by atoms with van der Waals surface area (Å²) in [5.74, 6) is -0.187. The molecule has 2 amide bonds. The maximum atomic E-state index is 12.6. The highest BCUT2D eigenvalue weighted by atomic mass is 32.2. The van der Waals surface area contributed by atoms with E-state index < -0.39 is 9.84 Å². The summed E-state index contributed by atoms with van der Waals surface area (Å²) in [5.41, 5.74) is 1.29. The second-order valence-corrected chi connectivity index (χ2v) is 10.1. The SMILES string of the molecule is COc1ccccc1CNC(=O)CCS(=O)(=O)c1ccc2c(c1)NC(=O)[C@@H](C)S2. The number of rotatable bonds is 7. The second-order valence-electron chi connectivity index (χ2n) is 6.56. The average molecular weight is 435 g/mol. The molecule has 0 unspecified atom stereocenters. The normalized spacial score (nSPS) is 15.9. The molecular formula is C20H22N2O5S2. The third kappa shape index (κ3) is 5.10. The Morgan fingerprint density at radius 3 is 2.76 bits per heavy atom. The molecule has 0 fully saturated rings. The Bertz CT molecular complexity index is 1040. The number of ether oxygens (including phenoxy) is 1. The van der Waals surface area contributed by atoms with Gasteiger partial charge >= 0.3 is 0 Å². The minimum atomic E-state index is -3.66. The number of sulfone groups is 1. The van der Waals surface area contributed by atoms with E-state index >= 15 is 0 Å². The lowest BCUT2D eigenvalue weighted by Crippen LogP contribution is -2.27. The summed E-state index contributed by atoms with van der Waals surface area (Å²) in [5, 5.41) is 5.21. The number of hydrogen-bond acceptors (Lipinski definition) is 6. The molecule has 1 heterocycles. The number of amides is 2. The van der Waals surface area contributed by atoms with Crippen LogP contribution in [-0.4, -0.2) is 38.3 Å². The monoisotopic (exact) mass is 434 g/mol. The van der Waals surface area contributed by atoms with Gasteiger partial charge in [0.1, 0.15) is 5.75 Å². The molecule has 0 saturated heterocycles. The molecule has 1 aliphatic heterocycles. The fourth-order valence-electron chi connectivity index (χ4n) is 2.86. The first kappa shape index (κ1) is 21.2. The van der Waals surface area contributed by atoms with Gasteiger partial charge in [0.2, 0.25) is 11.8 Å². The molecule has 3 rings (SSSR count). The Balaban J connectivity index is 1.60. The van der Waals surface area contributed by atoms with Gasteiger partial charge in [0, 0.05) is 23.4 Å². The Morgan fingerprint density at radius 2 is 2.00 bits per heavy atom. The molecule has 0 saturated carbocycles. The van der Waals surface area contributed by atoms with Crippen LogP contribution in [0.15, 0.2) is 52.3 Å². The Labute approximate surface area is 174 Å². The van der Waals surface area contributed by atoms with Crippen molar-refractivity contribution in [3.8, 4) is 5.75 Å². The molecule has 7 nitrogen and oxygen atoms in total. The maximum Gasteiger partial charge on any atom is 0.237 e. The van der Waals surface area contributed by atoms with Crippen LogP contribution in [0.1, 0.15) is 18.9 Å². The zero-order chi connectivity index (χ0) is 21.0. The third-order valence-corrected chi connectivity index (χ3v) is 7.40. The largest absolute Gasteiger partial charge is 0.496 e. The summed E-state index contributed by atoms with van der Waals surface area (Å²) in [7, 11) is -2.11. The minimum absolute atomic E-state index is 0.0873. The first-order valence-electron chi connectivity index (χ1n) is 9.03. The van der Waals surface area contributed by atoms with Gasteiger partial charge in [-0.1, -0.05) is 18.2 Å². The van der Waals surface area contributed by atoms with Crippen LogP contribution in [0.25, 0.3) is 0 Å². The van der Waals surface area contributed by atoms with Gasteiger partial charge in [0.25, 0.3) is 0 Å². The van der Waals surface area contributed by atoms with Crippen molar-refractivity contribution in [1.29, 1.82) is 0 Å². The highest BCUT2D eigenvalue weighted by Gasteiger charge is 2.25. The van der Waals surface area contributed by atoms with Crippen LogP contribution in [0.2, 0.25) is 0 Å². The van der Waals surface area contributed by atoms with E-state index in [1.165, 1.54) is 23.9 Å². The number of thioether (sulfide) groups is 1. The summed E-state index contributed by atoms with van der Waals surface area (Å²) in [6.45, 7) is 2.04. The lowest BCUT2D eigenvalue weighted by molar-refractivity contribution is -0.121.